The topological polar surface area (TPSA) is 46.2 Å². The highest BCUT2D eigenvalue weighted by atomic mass is 16.2. The molecule has 0 rings (SSSR count). The number of aldehydes is 1. The maximum Gasteiger partial charge on any atom is 0.246 e. The highest BCUT2D eigenvalue weighted by Crippen LogP contribution is 1.86. The molecule has 0 heterocycles. The third-order valence-corrected chi connectivity index (χ3v) is 0.951. The first-order chi connectivity index (χ1) is 4.57. The average Bonchev–Trinajstić information content (AvgIpc) is 1.87. The molecular formula is C7H11NO2. The van der Waals surface area contributed by atoms with Gasteiger partial charge in [-0.2, -0.15) is 0 Å². The smallest absolute Gasteiger partial charge is 0.246 e. The molecule has 1 N–H and O–H groups in total. The maximum absolute atomic E-state index is 10.7. The number of amides is 1. The van der Waals surface area contributed by atoms with E-state index in [0.29, 0.717) is 11.9 Å². The minimum Gasteiger partial charge on any atom is -0.343 e. The van der Waals surface area contributed by atoms with Crippen LogP contribution in [0.2, 0.25) is 0 Å². The molecule has 56 valence electrons. The van der Waals surface area contributed by atoms with Crippen molar-refractivity contribution in [2.75, 3.05) is 0 Å². The van der Waals surface area contributed by atoms with Crippen LogP contribution >= 0.6 is 0 Å². The van der Waals surface area contributed by atoms with Gasteiger partial charge in [0.1, 0.15) is 6.29 Å². The van der Waals surface area contributed by atoms with Gasteiger partial charge in [-0.1, -0.05) is 6.58 Å². The van der Waals surface area contributed by atoms with Crippen LogP contribution in [0, 0.1) is 0 Å². The number of carbonyl (C=O) groups excluding carboxylic acids is 2. The van der Waals surface area contributed by atoms with Crippen LogP contribution < -0.4 is 5.32 Å². The lowest BCUT2D eigenvalue weighted by Gasteiger charge is -2.05. The number of hydrogen-bond donors (Lipinski definition) is 1. The molecule has 3 heteroatoms. The van der Waals surface area contributed by atoms with Gasteiger partial charge in [0.15, 0.2) is 0 Å². The van der Waals surface area contributed by atoms with E-state index < -0.39 is 6.04 Å². The molecule has 0 radical (unpaired) electrons. The maximum atomic E-state index is 10.7. The van der Waals surface area contributed by atoms with Gasteiger partial charge in [-0.05, 0) is 13.8 Å². The lowest BCUT2D eigenvalue weighted by Crippen LogP contribution is -2.33. The Morgan fingerprint density at radius 2 is 2.20 bits per heavy atom. The van der Waals surface area contributed by atoms with Gasteiger partial charge in [0.2, 0.25) is 5.91 Å². The minimum atomic E-state index is -0.427. The molecule has 3 nitrogen and oxygen atoms in total. The lowest BCUT2D eigenvalue weighted by molar-refractivity contribution is -0.120. The molecule has 0 spiro atoms. The molecule has 0 aliphatic carbocycles. The SMILES string of the molecule is C=C(C)C(=O)NC(C)C=O. The Balaban J connectivity index is 3.79. The Kier molecular flexibility index (Phi) is 3.39. The zero-order valence-electron chi connectivity index (χ0n) is 6.18. The molecule has 1 atom stereocenters. The van der Waals surface area contributed by atoms with E-state index in [-0.39, 0.29) is 5.91 Å². The van der Waals surface area contributed by atoms with Crippen molar-refractivity contribution in [2.45, 2.75) is 19.9 Å². The molecule has 0 saturated carbocycles. The number of nitrogens with one attached hydrogen (secondary N) is 1. The van der Waals surface area contributed by atoms with Crippen LogP contribution in [-0.2, 0) is 9.59 Å². The van der Waals surface area contributed by atoms with Gasteiger partial charge >= 0.3 is 0 Å². The van der Waals surface area contributed by atoms with Gasteiger partial charge in [0.25, 0.3) is 0 Å². The van der Waals surface area contributed by atoms with Crippen LogP contribution in [0.3, 0.4) is 0 Å². The monoisotopic (exact) mass is 141 g/mol. The van der Waals surface area contributed by atoms with Crippen molar-refractivity contribution >= 4 is 12.2 Å². The summed E-state index contributed by atoms with van der Waals surface area (Å²) in [5.41, 5.74) is 0.411. The Hall–Kier alpha value is -1.12. The number of hydrogen-bond acceptors (Lipinski definition) is 2. The summed E-state index contributed by atoms with van der Waals surface area (Å²) < 4.78 is 0. The molecule has 1 unspecified atom stereocenters. The number of rotatable bonds is 3. The fraction of sp³-hybridized carbons (Fsp3) is 0.429. The van der Waals surface area contributed by atoms with Crippen molar-refractivity contribution in [1.29, 1.82) is 0 Å². The first-order valence-corrected chi connectivity index (χ1v) is 2.99. The second kappa shape index (κ2) is 3.82. The zero-order valence-corrected chi connectivity index (χ0v) is 6.18. The molecule has 0 aromatic rings. The second-order valence-corrected chi connectivity index (χ2v) is 2.18. The molecule has 0 aromatic carbocycles. The van der Waals surface area contributed by atoms with Gasteiger partial charge in [-0.25, -0.2) is 0 Å². The van der Waals surface area contributed by atoms with Crippen LogP contribution in [0.15, 0.2) is 12.2 Å². The van der Waals surface area contributed by atoms with E-state index in [2.05, 4.69) is 11.9 Å². The molecule has 0 aliphatic rings. The van der Waals surface area contributed by atoms with Crippen molar-refractivity contribution < 1.29 is 9.59 Å². The Labute approximate surface area is 60.1 Å². The van der Waals surface area contributed by atoms with E-state index in [1.54, 1.807) is 13.8 Å². The van der Waals surface area contributed by atoms with E-state index in [1.807, 2.05) is 0 Å². The van der Waals surface area contributed by atoms with Gasteiger partial charge in [-0.15, -0.1) is 0 Å². The van der Waals surface area contributed by atoms with E-state index in [1.165, 1.54) is 0 Å². The fourth-order valence-corrected chi connectivity index (χ4v) is 0.364. The van der Waals surface area contributed by atoms with Crippen LogP contribution in [0.4, 0.5) is 0 Å². The van der Waals surface area contributed by atoms with E-state index in [9.17, 15) is 9.59 Å². The van der Waals surface area contributed by atoms with Crippen molar-refractivity contribution in [3.63, 3.8) is 0 Å². The summed E-state index contributed by atoms with van der Waals surface area (Å²) in [6.45, 7) is 6.61. The summed E-state index contributed by atoms with van der Waals surface area (Å²) in [7, 11) is 0. The highest BCUT2D eigenvalue weighted by Gasteiger charge is 2.04. The van der Waals surface area contributed by atoms with E-state index in [4.69, 9.17) is 0 Å². The molecule has 1 amide bonds. The average molecular weight is 141 g/mol. The zero-order chi connectivity index (χ0) is 8.15. The van der Waals surface area contributed by atoms with Crippen LogP contribution in [-0.4, -0.2) is 18.2 Å². The van der Waals surface area contributed by atoms with Crippen molar-refractivity contribution in [1.82, 2.24) is 5.32 Å². The predicted octanol–water partition coefficient (Wildman–Crippen LogP) is 0.266. The fourth-order valence-electron chi connectivity index (χ4n) is 0.364. The number of carbonyl (C=O) groups is 2. The Morgan fingerprint density at radius 3 is 2.50 bits per heavy atom. The van der Waals surface area contributed by atoms with Crippen LogP contribution in [0.5, 0.6) is 0 Å². The first-order valence-electron chi connectivity index (χ1n) is 2.99. The Morgan fingerprint density at radius 1 is 1.70 bits per heavy atom. The van der Waals surface area contributed by atoms with Gasteiger partial charge in [-0.3, -0.25) is 4.79 Å². The first kappa shape index (κ1) is 8.88. The van der Waals surface area contributed by atoms with Crippen molar-refractivity contribution in [2.24, 2.45) is 0 Å². The molecule has 0 fully saturated rings. The summed E-state index contributed by atoms with van der Waals surface area (Å²) in [5.74, 6) is -0.278. The molecule has 0 saturated heterocycles. The summed E-state index contributed by atoms with van der Waals surface area (Å²) >= 11 is 0. The molecular weight excluding hydrogens is 130 g/mol. The lowest BCUT2D eigenvalue weighted by atomic mass is 10.3. The quantitative estimate of drug-likeness (QED) is 0.453. The molecule has 0 aliphatic heterocycles. The summed E-state index contributed by atoms with van der Waals surface area (Å²) in [4.78, 5) is 20.8. The van der Waals surface area contributed by atoms with E-state index >= 15 is 0 Å². The van der Waals surface area contributed by atoms with E-state index in [0.717, 1.165) is 0 Å². The summed E-state index contributed by atoms with van der Waals surface area (Å²) in [6, 6.07) is -0.427. The highest BCUT2D eigenvalue weighted by molar-refractivity contribution is 5.93. The van der Waals surface area contributed by atoms with Crippen LogP contribution in [0.1, 0.15) is 13.8 Å². The Bertz CT molecular complexity index is 163. The largest absolute Gasteiger partial charge is 0.343 e. The predicted molar refractivity (Wildman–Crippen MR) is 38.5 cm³/mol. The molecule has 0 aromatic heterocycles. The molecule has 10 heavy (non-hydrogen) atoms. The van der Waals surface area contributed by atoms with Crippen LogP contribution in [0.25, 0.3) is 0 Å². The summed E-state index contributed by atoms with van der Waals surface area (Å²) in [5, 5.41) is 2.42. The van der Waals surface area contributed by atoms with Crippen molar-refractivity contribution in [3.8, 4) is 0 Å². The third kappa shape index (κ3) is 3.02. The van der Waals surface area contributed by atoms with Gasteiger partial charge in [0, 0.05) is 5.57 Å². The van der Waals surface area contributed by atoms with Gasteiger partial charge in [0.05, 0.1) is 6.04 Å². The molecule has 0 bridgehead atoms. The van der Waals surface area contributed by atoms with Gasteiger partial charge < -0.3 is 10.1 Å². The third-order valence-electron chi connectivity index (χ3n) is 0.951. The minimum absolute atomic E-state index is 0.278. The standard InChI is InChI=1S/C7H11NO2/c1-5(2)7(10)8-6(3)4-9/h4,6H,1H2,2-3H3,(H,8,10). The second-order valence-electron chi connectivity index (χ2n) is 2.18. The summed E-state index contributed by atoms with van der Waals surface area (Å²) in [6.07, 6.45) is 0.668. The normalized spacial score (nSPS) is 11.8. The van der Waals surface area contributed by atoms with Crippen molar-refractivity contribution in [3.05, 3.63) is 12.2 Å².